The normalized spacial score (nSPS) is 12.6. The van der Waals surface area contributed by atoms with Gasteiger partial charge in [-0.15, -0.1) is 0 Å². The second-order valence-electron chi connectivity index (χ2n) is 11.0. The Morgan fingerprint density at radius 2 is 1.16 bits per heavy atom. The molecule has 0 unspecified atom stereocenters. The molecule has 3 heteroatoms. The summed E-state index contributed by atoms with van der Waals surface area (Å²) < 4.78 is 2.42. The molecule has 0 bridgehead atoms. The Morgan fingerprint density at radius 3 is 1.87 bits per heavy atom. The Morgan fingerprint density at radius 1 is 0.579 bits per heavy atom. The summed E-state index contributed by atoms with van der Waals surface area (Å²) in [6.45, 7) is 6.72. The number of aromatic nitrogens is 1. The van der Waals surface area contributed by atoms with Crippen molar-refractivity contribution in [3.63, 3.8) is 0 Å². The molecule has 0 amide bonds. The molecule has 1 aliphatic rings. The molecule has 6 aromatic rings. The average molecular weight is 510 g/mol. The molecule has 38 heavy (non-hydrogen) atoms. The molecule has 0 N–H and O–H groups in total. The summed E-state index contributed by atoms with van der Waals surface area (Å²) in [5.41, 5.74) is 4.63. The lowest BCUT2D eigenvalue weighted by atomic mass is 9.86. The SMILES string of the molecule is CC(C)(C)c1ccc2c(c1)c1ccccc1c(=O)c1ccccc1c1cccc3c1n2-c1ccccc1S3. The monoisotopic (exact) mass is 509 g/mol. The van der Waals surface area contributed by atoms with Crippen LogP contribution in [0.2, 0.25) is 0 Å². The van der Waals surface area contributed by atoms with Crippen molar-refractivity contribution in [2.75, 3.05) is 0 Å². The van der Waals surface area contributed by atoms with Crippen molar-refractivity contribution in [1.82, 2.24) is 4.57 Å². The molecule has 0 spiro atoms. The van der Waals surface area contributed by atoms with Gasteiger partial charge in [-0.1, -0.05) is 111 Å². The Kier molecular flexibility index (Phi) is 5.14. The van der Waals surface area contributed by atoms with Crippen LogP contribution < -0.4 is 5.43 Å². The lowest BCUT2D eigenvalue weighted by Crippen LogP contribution is -2.11. The molecule has 0 saturated carbocycles. The highest BCUT2D eigenvalue weighted by Crippen LogP contribution is 2.44. The highest BCUT2D eigenvalue weighted by atomic mass is 32.2. The van der Waals surface area contributed by atoms with Crippen molar-refractivity contribution in [2.24, 2.45) is 0 Å². The van der Waals surface area contributed by atoms with Crippen molar-refractivity contribution >= 4 is 55.1 Å². The highest BCUT2D eigenvalue weighted by Gasteiger charge is 2.21. The fourth-order valence-corrected chi connectivity index (χ4v) is 6.75. The predicted molar refractivity (Wildman–Crippen MR) is 163 cm³/mol. The first-order valence-corrected chi connectivity index (χ1v) is 13.8. The molecular formula is C35H27NOS. The summed E-state index contributed by atoms with van der Waals surface area (Å²) in [6, 6.07) is 38.0. The number of fused-ring (bicyclic) bond motifs is 8. The van der Waals surface area contributed by atoms with Gasteiger partial charge in [0, 0.05) is 31.3 Å². The average Bonchev–Trinajstić information content (AvgIpc) is 2.94. The van der Waals surface area contributed by atoms with Crippen LogP contribution in [0, 0.1) is 0 Å². The molecule has 2 heterocycles. The van der Waals surface area contributed by atoms with Crippen molar-refractivity contribution in [2.45, 2.75) is 36.0 Å². The lowest BCUT2D eigenvalue weighted by molar-refractivity contribution is 0.591. The van der Waals surface area contributed by atoms with E-state index in [9.17, 15) is 4.79 Å². The summed E-state index contributed by atoms with van der Waals surface area (Å²) in [5.74, 6) is 0. The summed E-state index contributed by atoms with van der Waals surface area (Å²) in [5, 5.41) is 5.52. The number of hydrogen-bond donors (Lipinski definition) is 0. The van der Waals surface area contributed by atoms with Gasteiger partial charge in [-0.3, -0.25) is 4.79 Å². The number of rotatable bonds is 0. The molecule has 0 fully saturated rings. The first-order chi connectivity index (χ1) is 18.4. The fraction of sp³-hybridized carbons (Fsp3) is 0.114. The zero-order valence-corrected chi connectivity index (χ0v) is 22.5. The first-order valence-electron chi connectivity index (χ1n) is 13.0. The maximum absolute atomic E-state index is 14.3. The summed E-state index contributed by atoms with van der Waals surface area (Å²) in [6.07, 6.45) is 0. The zero-order chi connectivity index (χ0) is 26.0. The van der Waals surface area contributed by atoms with Gasteiger partial charge < -0.3 is 4.57 Å². The van der Waals surface area contributed by atoms with E-state index >= 15 is 0 Å². The van der Waals surface area contributed by atoms with Gasteiger partial charge in [0.1, 0.15) is 0 Å². The Bertz CT molecular complexity index is 2060. The molecule has 0 atom stereocenters. The molecule has 5 aromatic carbocycles. The van der Waals surface area contributed by atoms with Gasteiger partial charge in [-0.05, 0) is 52.1 Å². The van der Waals surface area contributed by atoms with Crippen LogP contribution in [0.25, 0.3) is 49.0 Å². The van der Waals surface area contributed by atoms with Crippen LogP contribution in [0.3, 0.4) is 0 Å². The van der Waals surface area contributed by atoms with Gasteiger partial charge in [0.25, 0.3) is 0 Å². The van der Waals surface area contributed by atoms with Gasteiger partial charge in [0.15, 0.2) is 5.43 Å². The van der Waals surface area contributed by atoms with Gasteiger partial charge in [-0.25, -0.2) is 0 Å². The molecular weight excluding hydrogens is 482 g/mol. The van der Waals surface area contributed by atoms with E-state index in [2.05, 4.69) is 98.1 Å². The molecule has 1 aromatic heterocycles. The Labute approximate surface area is 225 Å². The number of nitrogens with zero attached hydrogens (tertiary/aromatic N) is 1. The Hall–Kier alpha value is -4.08. The van der Waals surface area contributed by atoms with E-state index in [-0.39, 0.29) is 10.8 Å². The standard InChI is InChI=1S/C35H27NOS/c1-35(2,3)22-19-20-29-28(21-22)24-12-5-7-14-27(24)34(37)26-13-6-4-11-23(26)25-15-10-18-32-33(25)36(29)30-16-8-9-17-31(30)38-32/h4-21H,1-3H3. The summed E-state index contributed by atoms with van der Waals surface area (Å²) in [4.78, 5) is 16.7. The topological polar surface area (TPSA) is 22.0 Å². The van der Waals surface area contributed by atoms with E-state index in [4.69, 9.17) is 0 Å². The molecule has 2 nitrogen and oxygen atoms in total. The maximum atomic E-state index is 14.3. The third-order valence-electron chi connectivity index (χ3n) is 7.58. The van der Waals surface area contributed by atoms with Crippen molar-refractivity contribution in [3.05, 3.63) is 125 Å². The van der Waals surface area contributed by atoms with Crippen molar-refractivity contribution in [1.29, 1.82) is 0 Å². The molecule has 0 radical (unpaired) electrons. The highest BCUT2D eigenvalue weighted by molar-refractivity contribution is 7.99. The van der Waals surface area contributed by atoms with Crippen LogP contribution in [-0.4, -0.2) is 4.57 Å². The van der Waals surface area contributed by atoms with E-state index in [0.29, 0.717) is 0 Å². The van der Waals surface area contributed by atoms with E-state index in [1.807, 2.05) is 36.4 Å². The summed E-state index contributed by atoms with van der Waals surface area (Å²) >= 11 is 1.79. The minimum absolute atomic E-state index is 0.0331. The fourth-order valence-electron chi connectivity index (χ4n) is 5.66. The lowest BCUT2D eigenvalue weighted by Gasteiger charge is -2.25. The van der Waals surface area contributed by atoms with Crippen LogP contribution in [0.5, 0.6) is 0 Å². The first kappa shape index (κ1) is 23.1. The van der Waals surface area contributed by atoms with Gasteiger partial charge in [-0.2, -0.15) is 0 Å². The minimum Gasteiger partial charge on any atom is -0.307 e. The van der Waals surface area contributed by atoms with E-state index in [1.54, 1.807) is 11.8 Å². The summed E-state index contributed by atoms with van der Waals surface area (Å²) in [7, 11) is 0. The van der Waals surface area contributed by atoms with Crippen LogP contribution >= 0.6 is 11.8 Å². The molecule has 184 valence electrons. The Balaban J connectivity index is 1.92. The van der Waals surface area contributed by atoms with Crippen molar-refractivity contribution in [3.8, 4) is 5.69 Å². The van der Waals surface area contributed by atoms with Gasteiger partial charge in [0.2, 0.25) is 0 Å². The number of benzene rings is 5. The molecule has 7 rings (SSSR count). The van der Waals surface area contributed by atoms with E-state index < -0.39 is 0 Å². The minimum atomic E-state index is -0.0331. The maximum Gasteiger partial charge on any atom is 0.194 e. The van der Waals surface area contributed by atoms with Gasteiger partial charge in [0.05, 0.1) is 16.7 Å². The smallest absolute Gasteiger partial charge is 0.194 e. The second-order valence-corrected chi connectivity index (χ2v) is 12.0. The van der Waals surface area contributed by atoms with Crippen LogP contribution in [0.15, 0.2) is 124 Å². The van der Waals surface area contributed by atoms with Crippen LogP contribution in [0.4, 0.5) is 0 Å². The van der Waals surface area contributed by atoms with Crippen LogP contribution in [-0.2, 0) is 5.41 Å². The third-order valence-corrected chi connectivity index (χ3v) is 8.69. The van der Waals surface area contributed by atoms with Crippen molar-refractivity contribution < 1.29 is 0 Å². The molecule has 0 aliphatic carbocycles. The quantitative estimate of drug-likeness (QED) is 0.203. The predicted octanol–water partition coefficient (Wildman–Crippen LogP) is 9.34. The number of hydrogen-bond acceptors (Lipinski definition) is 2. The largest absolute Gasteiger partial charge is 0.307 e. The van der Waals surface area contributed by atoms with E-state index in [0.717, 1.165) is 49.0 Å². The second kappa shape index (κ2) is 8.47. The van der Waals surface area contributed by atoms with E-state index in [1.165, 1.54) is 15.4 Å². The third kappa shape index (κ3) is 3.46. The zero-order valence-electron chi connectivity index (χ0n) is 21.7. The molecule has 1 aliphatic heterocycles. The number of para-hydroxylation sites is 2. The van der Waals surface area contributed by atoms with Crippen LogP contribution in [0.1, 0.15) is 26.3 Å². The molecule has 0 saturated heterocycles. The van der Waals surface area contributed by atoms with Gasteiger partial charge >= 0.3 is 0 Å².